The van der Waals surface area contributed by atoms with Gasteiger partial charge in [0, 0.05) is 0 Å². The van der Waals surface area contributed by atoms with Crippen molar-refractivity contribution in [2.75, 3.05) is 0 Å². The van der Waals surface area contributed by atoms with E-state index in [-0.39, 0.29) is 0 Å². The summed E-state index contributed by atoms with van der Waals surface area (Å²) in [6.07, 6.45) is 0. The number of hydrogen-bond acceptors (Lipinski definition) is 3. The molecule has 1 N–H and O–H groups in total. The predicted octanol–water partition coefficient (Wildman–Crippen LogP) is 4.41. The van der Waals surface area contributed by atoms with E-state index in [1.807, 2.05) is 0 Å². The molecule has 0 amide bonds. The Morgan fingerprint density at radius 3 is 0.968 bits per heavy atom. The summed E-state index contributed by atoms with van der Waals surface area (Å²) in [5.41, 5.74) is 0. The molecule has 0 unspecified atom stereocenters. The molecular weight excluding hydrogens is 527 g/mol. The Hall–Kier alpha value is -1.61. The van der Waals surface area contributed by atoms with E-state index in [0.717, 1.165) is 0 Å². The lowest BCUT2D eigenvalue weighted by molar-refractivity contribution is -0.446. The van der Waals surface area contributed by atoms with Crippen molar-refractivity contribution in [3.05, 3.63) is 0 Å². The van der Waals surface area contributed by atoms with Gasteiger partial charge in [0.2, 0.25) is 0 Å². The topological polar surface area (TPSA) is 71.4 Å². The molecule has 186 valence electrons. The van der Waals surface area contributed by atoms with Crippen LogP contribution in [0, 0.1) is 0 Å². The molecule has 0 atom stereocenters. The van der Waals surface area contributed by atoms with Crippen molar-refractivity contribution in [1.82, 2.24) is 0 Å². The van der Waals surface area contributed by atoms with Crippen LogP contribution in [0.15, 0.2) is 0 Å². The summed E-state index contributed by atoms with van der Waals surface area (Å²) in [5.74, 6) is -60.1. The van der Waals surface area contributed by atoms with Crippen molar-refractivity contribution in [2.24, 2.45) is 0 Å². The summed E-state index contributed by atoms with van der Waals surface area (Å²) in [6, 6.07) is -4.94. The highest BCUT2D eigenvalue weighted by Crippen LogP contribution is 2.64. The molecule has 0 rings (SSSR count). The molecule has 0 spiro atoms. The lowest BCUT2D eigenvalue weighted by atomic mass is 9.89. The quantitative estimate of drug-likeness (QED) is 0.274. The van der Waals surface area contributed by atoms with E-state index in [2.05, 4.69) is 0 Å². The first-order valence-corrected chi connectivity index (χ1v) is 7.58. The molecule has 0 aliphatic rings. The molecule has 31 heavy (non-hydrogen) atoms. The molecule has 0 aromatic rings. The fraction of sp³-hybridized carbons (Fsp3) is 0.889. The van der Waals surface area contributed by atoms with Crippen molar-refractivity contribution in [1.29, 1.82) is 0 Å². The van der Waals surface area contributed by atoms with E-state index < -0.39 is 62.9 Å². The third-order valence-electron chi connectivity index (χ3n) is 3.30. The van der Waals surface area contributed by atoms with Gasteiger partial charge in [-0.1, -0.05) is 0 Å². The molecule has 4 nitrogen and oxygen atoms in total. The second-order valence-electron chi connectivity index (χ2n) is 5.29. The summed E-state index contributed by atoms with van der Waals surface area (Å²) < 4.78 is 247. The lowest BCUT2D eigenvalue weighted by Crippen LogP contribution is -2.75. The zero-order valence-corrected chi connectivity index (χ0v) is 13.8. The molecule has 0 radical (unpaired) electrons. The van der Waals surface area contributed by atoms with E-state index in [1.165, 1.54) is 0 Å². The maximum Gasteiger partial charge on any atom is 0.438 e. The van der Waals surface area contributed by atoms with Gasteiger partial charge in [0.1, 0.15) is 0 Å². The molecule has 0 fully saturated rings. The second kappa shape index (κ2) is 6.94. The fourth-order valence-electron chi connectivity index (χ4n) is 1.45. The van der Waals surface area contributed by atoms with E-state index >= 15 is 0 Å². The van der Waals surface area contributed by atoms with Crippen LogP contribution in [0.3, 0.4) is 0 Å². The number of halogens is 17. The fourth-order valence-corrected chi connectivity index (χ4v) is 1.91. The Labute approximate surface area is 156 Å². The van der Waals surface area contributed by atoms with Gasteiger partial charge in [-0.3, -0.25) is 9.35 Å². The molecule has 0 saturated heterocycles. The average molecular weight is 528 g/mol. The highest BCUT2D eigenvalue weighted by Gasteiger charge is 2.96. The van der Waals surface area contributed by atoms with Gasteiger partial charge in [-0.05, 0) is 0 Å². The van der Waals surface area contributed by atoms with Crippen molar-refractivity contribution in [2.45, 2.75) is 46.7 Å². The van der Waals surface area contributed by atoms with Gasteiger partial charge < -0.3 is 0 Å². The Morgan fingerprint density at radius 2 is 0.742 bits per heavy atom. The van der Waals surface area contributed by atoms with E-state index in [9.17, 15) is 87.8 Å². The first-order valence-electron chi connectivity index (χ1n) is 6.14. The second-order valence-corrected chi connectivity index (χ2v) is 6.75. The van der Waals surface area contributed by atoms with Crippen LogP contribution in [-0.4, -0.2) is 65.7 Å². The first-order chi connectivity index (χ1) is 12.9. The number of alkyl halides is 16. The van der Waals surface area contributed by atoms with Crippen LogP contribution >= 0.6 is 0 Å². The molecule has 0 aliphatic heterocycles. The van der Waals surface area contributed by atoms with E-state index in [0.29, 0.717) is 0 Å². The van der Waals surface area contributed by atoms with Crippen molar-refractivity contribution in [3.8, 4) is 0 Å². The minimum atomic E-state index is -8.97. The Balaban J connectivity index is 7.02. The van der Waals surface area contributed by atoms with Crippen molar-refractivity contribution in [3.63, 3.8) is 0 Å². The molecular formula is C9HF17O4S. The SMILES string of the molecule is O=C(F)C(F)(F)C(F)(F)C(F)(F)C(F)(F)C(F)(F)C(F)(F)C(F)(F)C(F)(F)S(=O)(=O)O. The number of carbonyl (C=O) groups is 1. The van der Waals surface area contributed by atoms with Crippen LogP contribution in [-0.2, 0) is 14.9 Å². The molecule has 0 aromatic heterocycles. The van der Waals surface area contributed by atoms with E-state index in [4.69, 9.17) is 4.55 Å². The van der Waals surface area contributed by atoms with Crippen LogP contribution < -0.4 is 0 Å². The lowest BCUT2D eigenvalue weighted by Gasteiger charge is -2.42. The van der Waals surface area contributed by atoms with Gasteiger partial charge in [0.15, 0.2) is 0 Å². The number of hydrogen-bond donors (Lipinski definition) is 1. The normalized spacial score (nSPS) is 16.5. The van der Waals surface area contributed by atoms with Crippen LogP contribution in [0.25, 0.3) is 0 Å². The predicted molar refractivity (Wildman–Crippen MR) is 57.2 cm³/mol. The standard InChI is InChI=1S/C9HF17O4S/c10-1(27)2(11,12)3(13,14)4(15,16)5(17,18)6(19,20)7(21,22)8(23,24)9(25,26)31(28,29)30/h(H,28,29,30). The maximum absolute atomic E-state index is 13.2. The third kappa shape index (κ3) is 3.39. The van der Waals surface area contributed by atoms with Gasteiger partial charge in [0.05, 0.1) is 0 Å². The van der Waals surface area contributed by atoms with Gasteiger partial charge >= 0.3 is 62.9 Å². The van der Waals surface area contributed by atoms with Gasteiger partial charge in [0.25, 0.3) is 0 Å². The molecule has 0 saturated carbocycles. The van der Waals surface area contributed by atoms with Crippen LogP contribution in [0.4, 0.5) is 74.6 Å². The minimum Gasteiger partial charge on any atom is -0.281 e. The largest absolute Gasteiger partial charge is 0.438 e. The van der Waals surface area contributed by atoms with Gasteiger partial charge in [-0.25, -0.2) is 0 Å². The van der Waals surface area contributed by atoms with Crippen LogP contribution in [0.2, 0.25) is 0 Å². The zero-order chi connectivity index (χ0) is 26.1. The highest BCUT2D eigenvalue weighted by molar-refractivity contribution is 7.87. The van der Waals surface area contributed by atoms with Crippen LogP contribution in [0.1, 0.15) is 0 Å². The van der Waals surface area contributed by atoms with E-state index in [1.54, 1.807) is 0 Å². The smallest absolute Gasteiger partial charge is 0.281 e. The van der Waals surface area contributed by atoms with Crippen LogP contribution in [0.5, 0.6) is 0 Å². The Kier molecular flexibility index (Phi) is 6.58. The van der Waals surface area contributed by atoms with Crippen molar-refractivity contribution >= 4 is 16.2 Å². The highest BCUT2D eigenvalue weighted by atomic mass is 32.2. The molecule has 0 heterocycles. The Bertz CT molecular complexity index is 829. The van der Waals surface area contributed by atoms with Gasteiger partial charge in [-0.15, -0.1) is 0 Å². The molecule has 0 aliphatic carbocycles. The maximum atomic E-state index is 13.2. The molecule has 22 heteroatoms. The summed E-state index contributed by atoms with van der Waals surface area (Å²) >= 11 is 0. The monoisotopic (exact) mass is 528 g/mol. The molecule has 0 bridgehead atoms. The van der Waals surface area contributed by atoms with Crippen molar-refractivity contribution < 1.29 is 92.4 Å². The summed E-state index contributed by atoms with van der Waals surface area (Å²) in [5, 5.41) is -7.89. The zero-order valence-electron chi connectivity index (χ0n) is 13.0. The summed E-state index contributed by atoms with van der Waals surface area (Å²) in [6.45, 7) is 0. The third-order valence-corrected chi connectivity index (χ3v) is 4.21. The summed E-state index contributed by atoms with van der Waals surface area (Å²) in [4.78, 5) is 9.61. The first kappa shape index (κ1) is 29.4. The number of carbonyl (C=O) groups excluding carboxylic acids is 1. The number of rotatable bonds is 9. The summed E-state index contributed by atoms with van der Waals surface area (Å²) in [7, 11) is -7.94. The van der Waals surface area contributed by atoms with Gasteiger partial charge in [-0.2, -0.15) is 83.1 Å². The Morgan fingerprint density at radius 1 is 0.516 bits per heavy atom. The average Bonchev–Trinajstić information content (AvgIpc) is 2.52. The minimum absolute atomic E-state index is 4.94. The molecule has 0 aromatic carbocycles.